The van der Waals surface area contributed by atoms with Crippen LogP contribution in [0.4, 0.5) is 10.5 Å². The molecule has 0 radical (unpaired) electrons. The Morgan fingerprint density at radius 1 is 1.07 bits per heavy atom. The zero-order chi connectivity index (χ0) is 19.9. The molecule has 0 bridgehead atoms. The van der Waals surface area contributed by atoms with Crippen LogP contribution in [0.5, 0.6) is 0 Å². The number of nitrogens with zero attached hydrogens (tertiary/aromatic N) is 2. The topological polar surface area (TPSA) is 45.2 Å². The lowest BCUT2D eigenvalue weighted by molar-refractivity contribution is 0.209. The third-order valence-corrected chi connectivity index (χ3v) is 4.92. The van der Waals surface area contributed by atoms with E-state index in [4.69, 9.17) is 23.2 Å². The molecule has 2 aromatic carbocycles. The van der Waals surface area contributed by atoms with E-state index in [1.54, 1.807) is 23.2 Å². The summed E-state index contributed by atoms with van der Waals surface area (Å²) < 4.78 is 0. The molecule has 0 saturated carbocycles. The summed E-state index contributed by atoms with van der Waals surface area (Å²) in [5.74, 6) is 0. The van der Waals surface area contributed by atoms with Crippen LogP contribution in [0.3, 0.4) is 0 Å². The Balaban J connectivity index is 1.73. The molecule has 0 atom stereocenters. The van der Waals surface area contributed by atoms with Gasteiger partial charge in [-0.3, -0.25) is 4.98 Å². The van der Waals surface area contributed by atoms with Gasteiger partial charge in [-0.1, -0.05) is 53.0 Å². The molecule has 1 N–H and O–H groups in total. The summed E-state index contributed by atoms with van der Waals surface area (Å²) in [7, 11) is 0. The van der Waals surface area contributed by atoms with E-state index in [2.05, 4.69) is 10.3 Å². The van der Waals surface area contributed by atoms with Crippen molar-refractivity contribution in [1.29, 1.82) is 0 Å². The fourth-order valence-electron chi connectivity index (χ4n) is 2.76. The highest BCUT2D eigenvalue weighted by Crippen LogP contribution is 2.22. The number of amides is 2. The average Bonchev–Trinajstić information content (AvgIpc) is 2.69. The van der Waals surface area contributed by atoms with Crippen LogP contribution in [0.15, 0.2) is 66.9 Å². The van der Waals surface area contributed by atoms with Gasteiger partial charge in [-0.2, -0.15) is 0 Å². The number of benzene rings is 2. The Hall–Kier alpha value is -2.56. The molecule has 1 heterocycles. The van der Waals surface area contributed by atoms with Crippen LogP contribution in [-0.2, 0) is 13.0 Å². The van der Waals surface area contributed by atoms with E-state index in [9.17, 15) is 4.79 Å². The van der Waals surface area contributed by atoms with Gasteiger partial charge in [0.25, 0.3) is 0 Å². The zero-order valence-corrected chi connectivity index (χ0v) is 17.0. The number of carbonyl (C=O) groups is 1. The molecule has 0 aliphatic carbocycles. The van der Waals surface area contributed by atoms with E-state index in [0.717, 1.165) is 22.5 Å². The van der Waals surface area contributed by atoms with Gasteiger partial charge >= 0.3 is 6.03 Å². The van der Waals surface area contributed by atoms with E-state index < -0.39 is 0 Å². The van der Waals surface area contributed by atoms with Crippen LogP contribution >= 0.6 is 23.2 Å². The molecule has 4 nitrogen and oxygen atoms in total. The number of nitrogens with one attached hydrogen (secondary N) is 1. The second kappa shape index (κ2) is 9.58. The fourth-order valence-corrected chi connectivity index (χ4v) is 3.26. The summed E-state index contributed by atoms with van der Waals surface area (Å²) in [5, 5.41) is 4.15. The maximum Gasteiger partial charge on any atom is 0.322 e. The molecule has 3 aromatic rings. The van der Waals surface area contributed by atoms with E-state index in [1.807, 2.05) is 55.5 Å². The first kappa shape index (κ1) is 20.2. The smallest absolute Gasteiger partial charge is 0.318 e. The lowest BCUT2D eigenvalue weighted by atomic mass is 10.1. The summed E-state index contributed by atoms with van der Waals surface area (Å²) in [6.45, 7) is 2.91. The lowest BCUT2D eigenvalue weighted by Crippen LogP contribution is -2.36. The van der Waals surface area contributed by atoms with Gasteiger partial charge in [0, 0.05) is 28.5 Å². The average molecular weight is 414 g/mol. The first-order valence-electron chi connectivity index (χ1n) is 8.98. The molecule has 0 aliphatic rings. The van der Waals surface area contributed by atoms with E-state index in [-0.39, 0.29) is 6.03 Å². The van der Waals surface area contributed by atoms with Crippen molar-refractivity contribution in [3.05, 3.63) is 93.7 Å². The second-order valence-electron chi connectivity index (χ2n) is 6.52. The minimum absolute atomic E-state index is 0.181. The van der Waals surface area contributed by atoms with E-state index in [1.165, 1.54) is 0 Å². The van der Waals surface area contributed by atoms with Crippen molar-refractivity contribution < 1.29 is 4.79 Å². The Labute approximate surface area is 175 Å². The summed E-state index contributed by atoms with van der Waals surface area (Å²) >= 11 is 12.3. The van der Waals surface area contributed by atoms with Crippen LogP contribution < -0.4 is 5.32 Å². The molecular formula is C22H21Cl2N3O. The first-order chi connectivity index (χ1) is 13.5. The number of hydrogen-bond donors (Lipinski definition) is 1. The van der Waals surface area contributed by atoms with E-state index >= 15 is 0 Å². The van der Waals surface area contributed by atoms with Gasteiger partial charge in [-0.25, -0.2) is 4.79 Å². The minimum atomic E-state index is -0.181. The molecule has 2 amide bonds. The van der Waals surface area contributed by atoms with Crippen LogP contribution in [-0.4, -0.2) is 22.5 Å². The number of pyridine rings is 1. The standard InChI is InChI=1S/C22H21Cl2N3O/c1-16-5-9-19(10-6-16)26-22(28)27(15-20-4-2-3-12-25-20)13-11-17-7-8-18(23)14-21(17)24/h2-10,12,14H,11,13,15H2,1H3,(H,26,28). The van der Waals surface area contributed by atoms with Crippen molar-refractivity contribution in [2.75, 3.05) is 11.9 Å². The Morgan fingerprint density at radius 3 is 2.54 bits per heavy atom. The molecule has 1 aromatic heterocycles. The number of halogens is 2. The highest BCUT2D eigenvalue weighted by Gasteiger charge is 2.16. The number of rotatable bonds is 6. The van der Waals surface area contributed by atoms with Crippen molar-refractivity contribution in [1.82, 2.24) is 9.88 Å². The van der Waals surface area contributed by atoms with Gasteiger partial charge in [0.2, 0.25) is 0 Å². The lowest BCUT2D eigenvalue weighted by Gasteiger charge is -2.23. The first-order valence-corrected chi connectivity index (χ1v) is 9.73. The predicted octanol–water partition coefficient (Wildman–Crippen LogP) is 5.97. The van der Waals surface area contributed by atoms with Crippen LogP contribution in [0, 0.1) is 6.92 Å². The van der Waals surface area contributed by atoms with Crippen LogP contribution in [0.1, 0.15) is 16.8 Å². The van der Waals surface area contributed by atoms with Crippen molar-refractivity contribution in [2.45, 2.75) is 19.9 Å². The van der Waals surface area contributed by atoms with Crippen molar-refractivity contribution in [3.8, 4) is 0 Å². The summed E-state index contributed by atoms with van der Waals surface area (Å²) in [5.41, 5.74) is 3.66. The quantitative estimate of drug-likeness (QED) is 0.540. The summed E-state index contributed by atoms with van der Waals surface area (Å²) in [6, 6.07) is 18.6. The number of hydrogen-bond acceptors (Lipinski definition) is 2. The highest BCUT2D eigenvalue weighted by atomic mass is 35.5. The SMILES string of the molecule is Cc1ccc(NC(=O)N(CCc2ccc(Cl)cc2Cl)Cc2ccccn2)cc1. The number of anilines is 1. The van der Waals surface area contributed by atoms with Gasteiger partial charge in [0.05, 0.1) is 12.2 Å². The highest BCUT2D eigenvalue weighted by molar-refractivity contribution is 6.35. The molecule has 144 valence electrons. The number of carbonyl (C=O) groups excluding carboxylic acids is 1. The molecule has 6 heteroatoms. The monoisotopic (exact) mass is 413 g/mol. The Bertz CT molecular complexity index is 930. The number of urea groups is 1. The molecule has 0 fully saturated rings. The van der Waals surface area contributed by atoms with Gasteiger partial charge in [0.15, 0.2) is 0 Å². The van der Waals surface area contributed by atoms with E-state index in [0.29, 0.717) is 29.6 Å². The molecule has 28 heavy (non-hydrogen) atoms. The number of aromatic nitrogens is 1. The second-order valence-corrected chi connectivity index (χ2v) is 7.37. The maximum absolute atomic E-state index is 12.9. The van der Waals surface area contributed by atoms with Crippen molar-refractivity contribution >= 4 is 34.9 Å². The van der Waals surface area contributed by atoms with Crippen LogP contribution in [0.25, 0.3) is 0 Å². The zero-order valence-electron chi connectivity index (χ0n) is 15.5. The van der Waals surface area contributed by atoms with Gasteiger partial charge < -0.3 is 10.2 Å². The third kappa shape index (κ3) is 5.72. The molecular weight excluding hydrogens is 393 g/mol. The molecule has 0 spiro atoms. The maximum atomic E-state index is 12.9. The van der Waals surface area contributed by atoms with Crippen molar-refractivity contribution in [2.24, 2.45) is 0 Å². The Kier molecular flexibility index (Phi) is 6.90. The van der Waals surface area contributed by atoms with Gasteiger partial charge in [-0.15, -0.1) is 0 Å². The van der Waals surface area contributed by atoms with Gasteiger partial charge in [0.1, 0.15) is 0 Å². The predicted molar refractivity (Wildman–Crippen MR) is 115 cm³/mol. The molecule has 3 rings (SSSR count). The number of aryl methyl sites for hydroxylation is 1. The summed E-state index contributed by atoms with van der Waals surface area (Å²) in [6.07, 6.45) is 2.34. The van der Waals surface area contributed by atoms with Gasteiger partial charge in [-0.05, 0) is 55.3 Å². The Morgan fingerprint density at radius 2 is 1.86 bits per heavy atom. The molecule has 0 saturated heterocycles. The van der Waals surface area contributed by atoms with Crippen molar-refractivity contribution in [3.63, 3.8) is 0 Å². The largest absolute Gasteiger partial charge is 0.322 e. The normalized spacial score (nSPS) is 10.5. The minimum Gasteiger partial charge on any atom is -0.318 e. The molecule has 0 unspecified atom stereocenters. The summed E-state index contributed by atoms with van der Waals surface area (Å²) in [4.78, 5) is 19.0. The third-order valence-electron chi connectivity index (χ3n) is 4.34. The fraction of sp³-hybridized carbons (Fsp3) is 0.182. The van der Waals surface area contributed by atoms with Crippen LogP contribution in [0.2, 0.25) is 10.0 Å². The molecule has 0 aliphatic heterocycles.